The average Bonchev–Trinajstić information content (AvgIpc) is 3.03. The minimum atomic E-state index is -0.266. The summed E-state index contributed by atoms with van der Waals surface area (Å²) in [7, 11) is 8.60. The second-order valence-electron chi connectivity index (χ2n) is 9.52. The van der Waals surface area contributed by atoms with Crippen molar-refractivity contribution in [2.45, 2.75) is 34.6 Å². The first-order chi connectivity index (χ1) is 20.6. The van der Waals surface area contributed by atoms with Crippen molar-refractivity contribution in [3.63, 3.8) is 0 Å². The molecule has 2 rings (SSSR count). The van der Waals surface area contributed by atoms with Crippen molar-refractivity contribution in [2.75, 3.05) is 104 Å². The van der Waals surface area contributed by atoms with E-state index in [9.17, 15) is 9.59 Å². The number of carbonyl (C=O) groups is 2. The normalized spacial score (nSPS) is 9.68. The van der Waals surface area contributed by atoms with Crippen LogP contribution in [0.15, 0.2) is 48.5 Å². The third-order valence-corrected chi connectivity index (χ3v) is 6.36. The minimum Gasteiger partial charge on any atom is -0.857 e. The zero-order valence-corrected chi connectivity index (χ0v) is 31.3. The van der Waals surface area contributed by atoms with Gasteiger partial charge in [0.15, 0.2) is 0 Å². The maximum absolute atomic E-state index is 11.8. The number of nitrogens with zero attached hydrogens (tertiary/aromatic N) is 4. The topological polar surface area (TPSA) is 109 Å². The van der Waals surface area contributed by atoms with Crippen molar-refractivity contribution in [2.24, 2.45) is 0 Å². The molecule has 0 aromatic heterocycles. The molecule has 0 spiro atoms. The first-order valence-electron chi connectivity index (χ1n) is 14.9. The molecule has 2 aromatic rings. The number of rotatable bonds is 14. The molecular formula is C33H57N4NaO6. The van der Waals surface area contributed by atoms with Crippen LogP contribution in [-0.4, -0.2) is 121 Å². The Balaban J connectivity index is -0.000000592. The van der Waals surface area contributed by atoms with Gasteiger partial charge in [0.1, 0.15) is 6.61 Å². The molecule has 2 aromatic carbocycles. The molecule has 0 saturated carbocycles. The molecule has 0 saturated heterocycles. The van der Waals surface area contributed by atoms with E-state index in [0.717, 1.165) is 57.8 Å². The van der Waals surface area contributed by atoms with Gasteiger partial charge < -0.3 is 39.3 Å². The van der Waals surface area contributed by atoms with Gasteiger partial charge in [-0.15, -0.1) is 0 Å². The summed E-state index contributed by atoms with van der Waals surface area (Å²) in [6.07, 6.45) is 0. The zero-order valence-electron chi connectivity index (χ0n) is 29.3. The number of esters is 2. The number of hydrogen-bond donors (Lipinski definition) is 1. The Morgan fingerprint density at radius 3 is 1.25 bits per heavy atom. The van der Waals surface area contributed by atoms with Crippen LogP contribution in [0.2, 0.25) is 0 Å². The van der Waals surface area contributed by atoms with Crippen molar-refractivity contribution in [3.05, 3.63) is 59.7 Å². The van der Waals surface area contributed by atoms with Gasteiger partial charge in [-0.25, -0.2) is 9.59 Å². The third-order valence-electron chi connectivity index (χ3n) is 6.36. The Kier molecular flexibility index (Phi) is 31.0. The summed E-state index contributed by atoms with van der Waals surface area (Å²) in [5.74, 6) is -0.518. The Morgan fingerprint density at radius 2 is 0.977 bits per heavy atom. The number of benzene rings is 2. The standard InChI is InChI=1S/C15H24N2O2.C11H15NO2.C6H15NO.CH3O.Na/c1-5-17(6-2)11-12-19-15(18)13-7-9-14(10-8-13)16(3)4;1-4-14-11(13)9-5-7-10(8-6-9)12(2)3;1-3-7(4-2)5-6-8;1-2;/h7-10H,5-6,11-12H2,1-4H3;5-8H,4H2,1-3H3;8H,3-6H2,1-2H3;1H3;/q;;;-1;+1. The van der Waals surface area contributed by atoms with Gasteiger partial charge in [0.25, 0.3) is 0 Å². The summed E-state index contributed by atoms with van der Waals surface area (Å²) in [6, 6.07) is 14.8. The molecule has 11 heteroatoms. The first-order valence-corrected chi connectivity index (χ1v) is 14.9. The predicted octanol–water partition coefficient (Wildman–Crippen LogP) is 0.482. The molecule has 246 valence electrons. The number of hydrogen-bond acceptors (Lipinski definition) is 10. The van der Waals surface area contributed by atoms with Crippen molar-refractivity contribution >= 4 is 23.3 Å². The first kappa shape index (κ1) is 46.2. The minimum absolute atomic E-state index is 0. The summed E-state index contributed by atoms with van der Waals surface area (Å²) >= 11 is 0. The van der Waals surface area contributed by atoms with Crippen LogP contribution in [0, 0.1) is 0 Å². The predicted molar refractivity (Wildman–Crippen MR) is 176 cm³/mol. The van der Waals surface area contributed by atoms with Gasteiger partial charge in [-0.3, -0.25) is 0 Å². The van der Waals surface area contributed by atoms with E-state index in [4.69, 9.17) is 19.7 Å². The zero-order chi connectivity index (χ0) is 33.2. The van der Waals surface area contributed by atoms with Crippen LogP contribution >= 0.6 is 0 Å². The van der Waals surface area contributed by atoms with Crippen LogP contribution in [-0.2, 0) is 9.47 Å². The van der Waals surface area contributed by atoms with Crippen LogP contribution in [0.3, 0.4) is 0 Å². The molecule has 0 bridgehead atoms. The molecule has 0 radical (unpaired) electrons. The van der Waals surface area contributed by atoms with E-state index >= 15 is 0 Å². The summed E-state index contributed by atoms with van der Waals surface area (Å²) in [5, 5.41) is 16.7. The fourth-order valence-electron chi connectivity index (χ4n) is 3.58. The van der Waals surface area contributed by atoms with Crippen molar-refractivity contribution in [1.82, 2.24) is 9.80 Å². The third kappa shape index (κ3) is 20.7. The molecular weight excluding hydrogens is 571 g/mol. The molecule has 1 N–H and O–H groups in total. The fraction of sp³-hybridized carbons (Fsp3) is 0.576. The molecule has 0 aliphatic carbocycles. The summed E-state index contributed by atoms with van der Waals surface area (Å²) in [5.41, 5.74) is 3.33. The van der Waals surface area contributed by atoms with Crippen LogP contribution in [0.25, 0.3) is 0 Å². The number of aliphatic hydroxyl groups is 1. The van der Waals surface area contributed by atoms with Crippen molar-refractivity contribution in [1.29, 1.82) is 0 Å². The molecule has 0 aliphatic rings. The number of aliphatic hydroxyl groups excluding tert-OH is 1. The van der Waals surface area contributed by atoms with E-state index in [2.05, 4.69) is 37.5 Å². The Hall–Kier alpha value is -2.18. The van der Waals surface area contributed by atoms with Gasteiger partial charge in [0.05, 0.1) is 24.3 Å². The largest absolute Gasteiger partial charge is 1.00 e. The van der Waals surface area contributed by atoms with E-state index in [1.54, 1.807) is 31.2 Å². The molecule has 0 heterocycles. The van der Waals surface area contributed by atoms with Gasteiger partial charge >= 0.3 is 41.5 Å². The Morgan fingerprint density at radius 1 is 0.636 bits per heavy atom. The maximum Gasteiger partial charge on any atom is 1.00 e. The number of carbonyl (C=O) groups excluding carboxylic acids is 2. The Labute approximate surface area is 289 Å². The molecule has 0 atom stereocenters. The Bertz CT molecular complexity index is 952. The average molecular weight is 629 g/mol. The summed E-state index contributed by atoms with van der Waals surface area (Å²) in [4.78, 5) is 31.5. The van der Waals surface area contributed by atoms with Gasteiger partial charge in [-0.05, 0) is 81.6 Å². The van der Waals surface area contributed by atoms with Crippen LogP contribution < -0.4 is 44.5 Å². The van der Waals surface area contributed by atoms with Gasteiger partial charge in [-0.1, -0.05) is 27.7 Å². The number of likely N-dealkylation sites (N-methyl/N-ethyl adjacent to an activating group) is 2. The molecule has 0 fully saturated rings. The SMILES string of the molecule is CCN(CC)CCO.CCN(CC)CCOC(=O)c1ccc(N(C)C)cc1.CCOC(=O)c1ccc(N(C)C)cc1.C[O-].[Na+]. The van der Waals surface area contributed by atoms with Crippen molar-refractivity contribution < 1.29 is 58.8 Å². The molecule has 0 aliphatic heterocycles. The van der Waals surface area contributed by atoms with Crippen LogP contribution in [0.5, 0.6) is 0 Å². The monoisotopic (exact) mass is 628 g/mol. The van der Waals surface area contributed by atoms with E-state index in [0.29, 0.717) is 24.3 Å². The van der Waals surface area contributed by atoms with Crippen LogP contribution in [0.4, 0.5) is 11.4 Å². The van der Waals surface area contributed by atoms with Gasteiger partial charge in [0.2, 0.25) is 0 Å². The van der Waals surface area contributed by atoms with Crippen molar-refractivity contribution in [3.8, 4) is 0 Å². The summed E-state index contributed by atoms with van der Waals surface area (Å²) < 4.78 is 10.1. The fourth-order valence-corrected chi connectivity index (χ4v) is 3.58. The second kappa shape index (κ2) is 29.5. The van der Waals surface area contributed by atoms with E-state index in [-0.39, 0.29) is 48.1 Å². The number of anilines is 2. The van der Waals surface area contributed by atoms with E-state index in [1.807, 2.05) is 62.3 Å². The van der Waals surface area contributed by atoms with E-state index in [1.165, 1.54) is 0 Å². The summed E-state index contributed by atoms with van der Waals surface area (Å²) in [6.45, 7) is 17.0. The maximum atomic E-state index is 11.8. The van der Waals surface area contributed by atoms with Crippen LogP contribution in [0.1, 0.15) is 55.3 Å². The molecule has 10 nitrogen and oxygen atoms in total. The van der Waals surface area contributed by atoms with E-state index < -0.39 is 0 Å². The molecule has 0 unspecified atom stereocenters. The van der Waals surface area contributed by atoms with Gasteiger partial charge in [0, 0.05) is 52.7 Å². The number of ether oxygens (including phenoxy) is 2. The van der Waals surface area contributed by atoms with Gasteiger partial charge in [-0.2, -0.15) is 7.11 Å². The smallest absolute Gasteiger partial charge is 0.857 e. The molecule has 44 heavy (non-hydrogen) atoms. The molecule has 0 amide bonds. The quantitative estimate of drug-likeness (QED) is 0.235. The second-order valence-corrected chi connectivity index (χ2v) is 9.52.